The number of aliphatic imine (C=N–C) groups is 1. The predicted molar refractivity (Wildman–Crippen MR) is 124 cm³/mol. The molecular weight excluding hydrogens is 465 g/mol. The Kier molecular flexibility index (Phi) is 9.17. The van der Waals surface area contributed by atoms with Crippen molar-refractivity contribution in [3.63, 3.8) is 0 Å². The first-order valence-electron chi connectivity index (χ1n) is 9.89. The van der Waals surface area contributed by atoms with E-state index in [1.807, 2.05) is 4.57 Å². The largest absolute Gasteiger partial charge is 0.357 e. The normalized spacial score (nSPS) is 20.0. The van der Waals surface area contributed by atoms with Gasteiger partial charge in [0, 0.05) is 38.3 Å². The van der Waals surface area contributed by atoms with Crippen molar-refractivity contribution in [2.45, 2.75) is 58.9 Å². The van der Waals surface area contributed by atoms with Crippen LogP contribution < -0.4 is 10.6 Å². The van der Waals surface area contributed by atoms with E-state index < -0.39 is 0 Å². The maximum atomic E-state index is 4.71. The quantitative estimate of drug-likeness (QED) is 0.350. The molecule has 154 valence electrons. The standard InChI is InChI=1S/C20H31N7.HI/c1-4-21-20(22-12-19-25-23-15-26(19)5-2)24-18-11-16(3)27(14-18)13-17-9-7-6-8-10-17;/h6-10,15-16,18H,4-5,11-14H2,1-3H3,(H2,21,22,24);1H. The minimum atomic E-state index is 0. The molecule has 0 bridgehead atoms. The fourth-order valence-corrected chi connectivity index (χ4v) is 3.57. The molecule has 7 nitrogen and oxygen atoms in total. The van der Waals surface area contributed by atoms with Crippen LogP contribution in [0.1, 0.15) is 38.6 Å². The number of halogens is 1. The molecule has 1 aromatic carbocycles. The summed E-state index contributed by atoms with van der Waals surface area (Å²) in [6.07, 6.45) is 2.87. The number of aromatic nitrogens is 3. The highest BCUT2D eigenvalue weighted by Crippen LogP contribution is 2.20. The maximum Gasteiger partial charge on any atom is 0.191 e. The Morgan fingerprint density at radius 3 is 2.75 bits per heavy atom. The number of nitrogens with one attached hydrogen (secondary N) is 2. The lowest BCUT2D eigenvalue weighted by atomic mass is 10.2. The zero-order chi connectivity index (χ0) is 19.1. The lowest BCUT2D eigenvalue weighted by Crippen LogP contribution is -2.44. The molecule has 1 aliphatic heterocycles. The SMILES string of the molecule is CCNC(=NCc1nncn1CC)NC1CC(C)N(Cc2ccccc2)C1.I. The van der Waals surface area contributed by atoms with Crippen molar-refractivity contribution >= 4 is 29.9 Å². The fourth-order valence-electron chi connectivity index (χ4n) is 3.57. The van der Waals surface area contributed by atoms with Gasteiger partial charge in [-0.25, -0.2) is 4.99 Å². The van der Waals surface area contributed by atoms with Gasteiger partial charge in [0.25, 0.3) is 0 Å². The first kappa shape index (κ1) is 22.6. The van der Waals surface area contributed by atoms with E-state index >= 15 is 0 Å². The van der Waals surface area contributed by atoms with Crippen molar-refractivity contribution in [1.29, 1.82) is 0 Å². The van der Waals surface area contributed by atoms with E-state index in [4.69, 9.17) is 4.99 Å². The molecule has 8 heteroatoms. The fraction of sp³-hybridized carbons (Fsp3) is 0.550. The lowest BCUT2D eigenvalue weighted by molar-refractivity contribution is 0.258. The van der Waals surface area contributed by atoms with Crippen LogP contribution in [0.25, 0.3) is 0 Å². The zero-order valence-corrected chi connectivity index (χ0v) is 19.3. The van der Waals surface area contributed by atoms with Gasteiger partial charge in [0.05, 0.1) is 0 Å². The van der Waals surface area contributed by atoms with Crippen LogP contribution in [0, 0.1) is 0 Å². The van der Waals surface area contributed by atoms with Crippen LogP contribution in [-0.2, 0) is 19.6 Å². The van der Waals surface area contributed by atoms with Crippen LogP contribution in [-0.4, -0.2) is 50.8 Å². The third kappa shape index (κ3) is 6.16. The number of benzene rings is 1. The molecule has 2 N–H and O–H groups in total. The summed E-state index contributed by atoms with van der Waals surface area (Å²) in [7, 11) is 0. The minimum absolute atomic E-state index is 0. The first-order chi connectivity index (χ1) is 13.2. The van der Waals surface area contributed by atoms with Crippen molar-refractivity contribution in [1.82, 2.24) is 30.3 Å². The molecule has 0 radical (unpaired) electrons. The third-order valence-corrected chi connectivity index (χ3v) is 5.03. The first-order valence-corrected chi connectivity index (χ1v) is 9.89. The summed E-state index contributed by atoms with van der Waals surface area (Å²) in [5, 5.41) is 15.1. The summed E-state index contributed by atoms with van der Waals surface area (Å²) >= 11 is 0. The molecule has 0 aliphatic carbocycles. The third-order valence-electron chi connectivity index (χ3n) is 5.03. The second-order valence-corrected chi connectivity index (χ2v) is 7.07. The lowest BCUT2D eigenvalue weighted by Gasteiger charge is -2.21. The van der Waals surface area contributed by atoms with Gasteiger partial charge in [-0.15, -0.1) is 34.2 Å². The van der Waals surface area contributed by atoms with Crippen LogP contribution in [0.5, 0.6) is 0 Å². The van der Waals surface area contributed by atoms with Gasteiger partial charge in [0.2, 0.25) is 0 Å². The smallest absolute Gasteiger partial charge is 0.191 e. The van der Waals surface area contributed by atoms with Crippen LogP contribution in [0.4, 0.5) is 0 Å². The summed E-state index contributed by atoms with van der Waals surface area (Å²) in [4.78, 5) is 7.25. The van der Waals surface area contributed by atoms with E-state index in [2.05, 4.69) is 76.8 Å². The molecule has 2 heterocycles. The molecule has 2 aromatic rings. The second kappa shape index (κ2) is 11.4. The van der Waals surface area contributed by atoms with Gasteiger partial charge < -0.3 is 15.2 Å². The molecule has 3 rings (SSSR count). The zero-order valence-electron chi connectivity index (χ0n) is 17.0. The molecule has 1 saturated heterocycles. The van der Waals surface area contributed by atoms with Gasteiger partial charge >= 0.3 is 0 Å². The summed E-state index contributed by atoms with van der Waals surface area (Å²) in [6.45, 7) is 10.7. The number of guanidine groups is 1. The number of hydrogen-bond acceptors (Lipinski definition) is 4. The van der Waals surface area contributed by atoms with Gasteiger partial charge in [0.15, 0.2) is 11.8 Å². The highest BCUT2D eigenvalue weighted by Gasteiger charge is 2.29. The predicted octanol–water partition coefficient (Wildman–Crippen LogP) is 2.63. The maximum absolute atomic E-state index is 4.71. The molecular formula is C20H32IN7. The van der Waals surface area contributed by atoms with Crippen molar-refractivity contribution in [2.24, 2.45) is 4.99 Å². The van der Waals surface area contributed by atoms with Gasteiger partial charge in [-0.1, -0.05) is 30.3 Å². The Balaban J connectivity index is 0.00000280. The van der Waals surface area contributed by atoms with Crippen molar-refractivity contribution in [3.05, 3.63) is 48.0 Å². The summed E-state index contributed by atoms with van der Waals surface area (Å²) in [5.41, 5.74) is 1.37. The topological polar surface area (TPSA) is 70.4 Å². The van der Waals surface area contributed by atoms with E-state index in [0.29, 0.717) is 18.6 Å². The number of nitrogens with zero attached hydrogens (tertiary/aromatic N) is 5. The molecule has 1 aromatic heterocycles. The van der Waals surface area contributed by atoms with Crippen LogP contribution >= 0.6 is 24.0 Å². The highest BCUT2D eigenvalue weighted by molar-refractivity contribution is 14.0. The van der Waals surface area contributed by atoms with Gasteiger partial charge in [-0.2, -0.15) is 0 Å². The number of aryl methyl sites for hydroxylation is 1. The van der Waals surface area contributed by atoms with E-state index in [0.717, 1.165) is 44.4 Å². The Hall–Kier alpha value is -1.68. The van der Waals surface area contributed by atoms with Gasteiger partial charge in [0.1, 0.15) is 12.9 Å². The molecule has 0 spiro atoms. The van der Waals surface area contributed by atoms with E-state index in [1.54, 1.807) is 6.33 Å². The summed E-state index contributed by atoms with van der Waals surface area (Å²) in [6, 6.07) is 11.6. The van der Waals surface area contributed by atoms with E-state index in [-0.39, 0.29) is 24.0 Å². The number of likely N-dealkylation sites (tertiary alicyclic amines) is 1. The van der Waals surface area contributed by atoms with Crippen LogP contribution in [0.3, 0.4) is 0 Å². The molecule has 28 heavy (non-hydrogen) atoms. The summed E-state index contributed by atoms with van der Waals surface area (Å²) in [5.74, 6) is 1.74. The minimum Gasteiger partial charge on any atom is -0.357 e. The van der Waals surface area contributed by atoms with E-state index in [9.17, 15) is 0 Å². The Labute approximate surface area is 185 Å². The Bertz CT molecular complexity index is 731. The van der Waals surface area contributed by atoms with Crippen molar-refractivity contribution < 1.29 is 0 Å². The molecule has 0 saturated carbocycles. The number of rotatable bonds is 7. The highest BCUT2D eigenvalue weighted by atomic mass is 127. The van der Waals surface area contributed by atoms with Crippen LogP contribution in [0.15, 0.2) is 41.7 Å². The average molecular weight is 497 g/mol. The Morgan fingerprint density at radius 2 is 2.04 bits per heavy atom. The monoisotopic (exact) mass is 497 g/mol. The van der Waals surface area contributed by atoms with Gasteiger partial charge in [-0.05, 0) is 32.8 Å². The molecule has 1 fully saturated rings. The second-order valence-electron chi connectivity index (χ2n) is 7.07. The summed E-state index contributed by atoms with van der Waals surface area (Å²) < 4.78 is 2.02. The molecule has 0 amide bonds. The van der Waals surface area contributed by atoms with Gasteiger partial charge in [-0.3, -0.25) is 4.90 Å². The average Bonchev–Trinajstić information content (AvgIpc) is 3.27. The van der Waals surface area contributed by atoms with Crippen molar-refractivity contribution in [2.75, 3.05) is 13.1 Å². The van der Waals surface area contributed by atoms with Crippen LogP contribution in [0.2, 0.25) is 0 Å². The van der Waals surface area contributed by atoms with E-state index in [1.165, 1.54) is 5.56 Å². The number of hydrogen-bond donors (Lipinski definition) is 2. The Morgan fingerprint density at radius 1 is 1.25 bits per heavy atom. The molecule has 2 unspecified atom stereocenters. The molecule has 1 aliphatic rings. The van der Waals surface area contributed by atoms with Crippen molar-refractivity contribution in [3.8, 4) is 0 Å². The molecule has 2 atom stereocenters.